The van der Waals surface area contributed by atoms with Crippen LogP contribution < -0.4 is 5.43 Å². The second-order valence-electron chi connectivity index (χ2n) is 10.1. The van der Waals surface area contributed by atoms with E-state index in [1.54, 1.807) is 6.92 Å². The highest BCUT2D eigenvalue weighted by molar-refractivity contribution is 5.88. The van der Waals surface area contributed by atoms with Crippen molar-refractivity contribution in [2.75, 3.05) is 13.1 Å². The topological polar surface area (TPSA) is 66.3 Å². The van der Waals surface area contributed by atoms with Gasteiger partial charge in [-0.3, -0.25) is 14.5 Å². The van der Waals surface area contributed by atoms with Crippen LogP contribution in [0.4, 0.5) is 0 Å². The summed E-state index contributed by atoms with van der Waals surface area (Å²) < 4.78 is 1.97. The standard InChI is InChI=1S/C27H32N6O/c1-17(2)32-15-20(13-29-32)25-12-19-6-4-9-22(23(19)14-28-25)27-24-16-31(18(3)34)11-10-26(24)33(30-27)21-7-5-8-21/h4,6,9,12-15,17,21,27,30H,5,7-8,10-11,16H2,1-3H3. The molecule has 1 aliphatic carbocycles. The number of nitrogens with zero attached hydrogens (tertiary/aromatic N) is 5. The van der Waals surface area contributed by atoms with Gasteiger partial charge >= 0.3 is 0 Å². The Morgan fingerprint density at radius 3 is 2.76 bits per heavy atom. The summed E-state index contributed by atoms with van der Waals surface area (Å²) in [6.07, 6.45) is 10.6. The van der Waals surface area contributed by atoms with Crippen LogP contribution in [0.5, 0.6) is 0 Å². The molecule has 0 radical (unpaired) electrons. The average molecular weight is 457 g/mol. The summed E-state index contributed by atoms with van der Waals surface area (Å²) in [6.45, 7) is 7.43. The van der Waals surface area contributed by atoms with E-state index in [4.69, 9.17) is 4.98 Å². The molecule has 1 unspecified atom stereocenters. The Morgan fingerprint density at radius 2 is 2.06 bits per heavy atom. The highest BCUT2D eigenvalue weighted by Crippen LogP contribution is 2.42. The van der Waals surface area contributed by atoms with Crippen LogP contribution in [-0.4, -0.2) is 49.7 Å². The summed E-state index contributed by atoms with van der Waals surface area (Å²) in [6, 6.07) is 9.62. The average Bonchev–Trinajstić information content (AvgIpc) is 3.43. The third-order valence-corrected chi connectivity index (χ3v) is 7.68. The lowest BCUT2D eigenvalue weighted by atomic mass is 9.90. The van der Waals surface area contributed by atoms with Gasteiger partial charge in [-0.1, -0.05) is 18.2 Å². The van der Waals surface area contributed by atoms with E-state index >= 15 is 0 Å². The molecule has 1 aromatic carbocycles. The van der Waals surface area contributed by atoms with E-state index in [2.05, 4.69) is 59.8 Å². The molecule has 1 amide bonds. The highest BCUT2D eigenvalue weighted by atomic mass is 16.2. The molecule has 2 aromatic heterocycles. The van der Waals surface area contributed by atoms with Gasteiger partial charge in [-0.15, -0.1) is 0 Å². The number of rotatable bonds is 4. The normalized spacial score (nSPS) is 20.9. The van der Waals surface area contributed by atoms with Gasteiger partial charge < -0.3 is 9.91 Å². The molecule has 1 saturated carbocycles. The first-order valence-electron chi connectivity index (χ1n) is 12.5. The van der Waals surface area contributed by atoms with Gasteiger partial charge in [-0.25, -0.2) is 5.43 Å². The predicted octanol–water partition coefficient (Wildman–Crippen LogP) is 4.60. The fourth-order valence-corrected chi connectivity index (χ4v) is 5.46. The van der Waals surface area contributed by atoms with Crippen molar-refractivity contribution < 1.29 is 4.79 Å². The summed E-state index contributed by atoms with van der Waals surface area (Å²) in [5.41, 5.74) is 9.78. The van der Waals surface area contributed by atoms with Crippen molar-refractivity contribution >= 4 is 16.7 Å². The third-order valence-electron chi connectivity index (χ3n) is 7.68. The molecule has 7 nitrogen and oxygen atoms in total. The van der Waals surface area contributed by atoms with Crippen molar-refractivity contribution in [1.82, 2.24) is 30.1 Å². The molecule has 6 rings (SSSR count). The van der Waals surface area contributed by atoms with Gasteiger partial charge in [-0.05, 0) is 55.7 Å². The molecule has 4 heterocycles. The number of aromatic nitrogens is 3. The fraction of sp³-hybridized carbons (Fsp3) is 0.444. The zero-order valence-corrected chi connectivity index (χ0v) is 20.2. The Morgan fingerprint density at radius 1 is 1.21 bits per heavy atom. The van der Waals surface area contributed by atoms with Gasteiger partial charge in [-0.2, -0.15) is 5.10 Å². The first-order valence-corrected chi connectivity index (χ1v) is 12.5. The van der Waals surface area contributed by atoms with Gasteiger partial charge in [0, 0.05) is 67.6 Å². The molecule has 176 valence electrons. The van der Waals surface area contributed by atoms with E-state index < -0.39 is 0 Å². The second-order valence-corrected chi connectivity index (χ2v) is 10.1. The number of amides is 1. The minimum atomic E-state index is 0.0674. The maximum absolute atomic E-state index is 12.2. The molecular formula is C27H32N6O. The molecule has 1 atom stereocenters. The Kier molecular flexibility index (Phi) is 5.17. The largest absolute Gasteiger partial charge is 0.338 e. The molecule has 0 saturated heterocycles. The Balaban J connectivity index is 1.39. The van der Waals surface area contributed by atoms with Gasteiger partial charge in [0.25, 0.3) is 0 Å². The number of benzene rings is 1. The van der Waals surface area contributed by atoms with E-state index in [1.807, 2.05) is 22.0 Å². The maximum Gasteiger partial charge on any atom is 0.219 e. The molecular weight excluding hydrogens is 424 g/mol. The number of fused-ring (bicyclic) bond motifs is 1. The molecule has 0 spiro atoms. The molecule has 0 bridgehead atoms. The minimum Gasteiger partial charge on any atom is -0.338 e. The van der Waals surface area contributed by atoms with Gasteiger partial charge in [0.1, 0.15) is 0 Å². The van der Waals surface area contributed by atoms with Crippen LogP contribution in [0.2, 0.25) is 0 Å². The van der Waals surface area contributed by atoms with E-state index in [-0.39, 0.29) is 11.9 Å². The molecule has 3 aliphatic rings. The van der Waals surface area contributed by atoms with Crippen LogP contribution in [0.15, 0.2) is 54.1 Å². The summed E-state index contributed by atoms with van der Waals surface area (Å²) in [7, 11) is 0. The number of hydrazine groups is 1. The third kappa shape index (κ3) is 3.50. The number of carbonyl (C=O) groups is 1. The van der Waals surface area contributed by atoms with Crippen molar-refractivity contribution in [2.24, 2.45) is 0 Å². The molecule has 1 N–H and O–H groups in total. The SMILES string of the molecule is CC(=O)N1CCC2=C(C1)C(c1cccc3cc(-c4cnn(C(C)C)c4)ncc13)NN2C1CCC1. The summed E-state index contributed by atoms with van der Waals surface area (Å²) in [5, 5.41) is 9.24. The Hall–Kier alpha value is -3.19. The summed E-state index contributed by atoms with van der Waals surface area (Å²) in [4.78, 5) is 19.0. The second kappa shape index (κ2) is 8.24. The van der Waals surface area contributed by atoms with Crippen LogP contribution in [0, 0.1) is 0 Å². The first-order chi connectivity index (χ1) is 16.5. The minimum absolute atomic E-state index is 0.0674. The molecule has 1 fully saturated rings. The summed E-state index contributed by atoms with van der Waals surface area (Å²) in [5.74, 6) is 0.151. The highest BCUT2D eigenvalue weighted by Gasteiger charge is 2.40. The smallest absolute Gasteiger partial charge is 0.219 e. The molecule has 7 heteroatoms. The monoisotopic (exact) mass is 456 g/mol. The van der Waals surface area contributed by atoms with Crippen LogP contribution in [-0.2, 0) is 4.79 Å². The number of nitrogens with one attached hydrogen (secondary N) is 1. The predicted molar refractivity (Wildman–Crippen MR) is 133 cm³/mol. The Labute approximate surface area is 200 Å². The van der Waals surface area contributed by atoms with Crippen molar-refractivity contribution in [1.29, 1.82) is 0 Å². The van der Waals surface area contributed by atoms with E-state index in [1.165, 1.54) is 41.5 Å². The van der Waals surface area contributed by atoms with Gasteiger partial charge in [0.05, 0.1) is 17.9 Å². The van der Waals surface area contributed by atoms with Crippen LogP contribution in [0.25, 0.3) is 22.0 Å². The number of hydrogen-bond donors (Lipinski definition) is 1. The van der Waals surface area contributed by atoms with Crippen LogP contribution >= 0.6 is 0 Å². The zero-order chi connectivity index (χ0) is 23.4. The lowest BCUT2D eigenvalue weighted by molar-refractivity contribution is -0.128. The summed E-state index contributed by atoms with van der Waals surface area (Å²) >= 11 is 0. The van der Waals surface area contributed by atoms with Gasteiger partial charge in [0.2, 0.25) is 5.91 Å². The van der Waals surface area contributed by atoms with E-state index in [9.17, 15) is 4.79 Å². The molecule has 34 heavy (non-hydrogen) atoms. The van der Waals surface area contributed by atoms with E-state index in [0.717, 1.165) is 29.6 Å². The number of pyridine rings is 1. The van der Waals surface area contributed by atoms with Crippen molar-refractivity contribution in [2.45, 2.75) is 64.6 Å². The molecule has 2 aliphatic heterocycles. The van der Waals surface area contributed by atoms with Crippen molar-refractivity contribution in [3.05, 3.63) is 59.7 Å². The van der Waals surface area contributed by atoms with Crippen LogP contribution in [0.1, 0.15) is 64.1 Å². The molecule has 3 aromatic rings. The number of hydrogen-bond acceptors (Lipinski definition) is 5. The lowest BCUT2D eigenvalue weighted by Gasteiger charge is -2.39. The van der Waals surface area contributed by atoms with Crippen molar-refractivity contribution in [3.63, 3.8) is 0 Å². The van der Waals surface area contributed by atoms with Crippen molar-refractivity contribution in [3.8, 4) is 11.3 Å². The first kappa shape index (κ1) is 21.4. The fourth-order valence-electron chi connectivity index (χ4n) is 5.46. The number of carbonyl (C=O) groups excluding carboxylic acids is 1. The van der Waals surface area contributed by atoms with E-state index in [0.29, 0.717) is 18.6 Å². The Bertz CT molecular complexity index is 1290. The lowest BCUT2D eigenvalue weighted by Crippen LogP contribution is -2.46. The quantitative estimate of drug-likeness (QED) is 0.622. The maximum atomic E-state index is 12.2. The van der Waals surface area contributed by atoms with Gasteiger partial charge in [0.15, 0.2) is 0 Å². The van der Waals surface area contributed by atoms with Crippen LogP contribution in [0.3, 0.4) is 0 Å². The zero-order valence-electron chi connectivity index (χ0n) is 20.2.